The van der Waals surface area contributed by atoms with E-state index in [1.54, 1.807) is 0 Å². The molecule has 2 aromatic rings. The van der Waals surface area contributed by atoms with E-state index in [1.165, 1.54) is 12.8 Å². The lowest BCUT2D eigenvalue weighted by molar-refractivity contribution is -0.439. The summed E-state index contributed by atoms with van der Waals surface area (Å²) < 4.78 is 163. The zero-order chi connectivity index (χ0) is 35.7. The van der Waals surface area contributed by atoms with Crippen LogP contribution in [-0.4, -0.2) is 18.6 Å². The third-order valence-electron chi connectivity index (χ3n) is 10.6. The molecule has 0 bridgehead atoms. The van der Waals surface area contributed by atoms with Crippen molar-refractivity contribution in [2.24, 2.45) is 23.7 Å². The van der Waals surface area contributed by atoms with Crippen LogP contribution in [0, 0.1) is 46.9 Å². The monoisotopic (exact) mass is 712 g/mol. The van der Waals surface area contributed by atoms with E-state index >= 15 is 17.6 Å². The van der Waals surface area contributed by atoms with Gasteiger partial charge in [-0.15, -0.1) is 13.2 Å². The van der Waals surface area contributed by atoms with Gasteiger partial charge in [-0.05, 0) is 143 Å². The molecule has 0 aromatic heterocycles. The lowest BCUT2D eigenvalue weighted by atomic mass is 9.68. The van der Waals surface area contributed by atoms with Gasteiger partial charge < -0.3 is 4.74 Å². The molecule has 3 aliphatic carbocycles. The highest BCUT2D eigenvalue weighted by atomic mass is 19.4. The van der Waals surface area contributed by atoms with Crippen LogP contribution in [0.25, 0.3) is 11.1 Å². The number of alkyl halides is 7. The first-order valence-corrected chi connectivity index (χ1v) is 16.8. The van der Waals surface area contributed by atoms with Crippen molar-refractivity contribution in [1.29, 1.82) is 0 Å². The summed E-state index contributed by atoms with van der Waals surface area (Å²) in [6, 6.07) is 2.96. The quantitative estimate of drug-likeness (QED) is 0.190. The maximum Gasteiger partial charge on any atom is 0.527 e. The molecule has 2 nitrogen and oxygen atoms in total. The van der Waals surface area contributed by atoms with Crippen LogP contribution in [0.5, 0.6) is 0 Å². The molecule has 3 saturated carbocycles. The summed E-state index contributed by atoms with van der Waals surface area (Å²) in [5.41, 5.74) is -2.87. The number of rotatable bonds is 9. The molecule has 0 aliphatic heterocycles. The maximum absolute atomic E-state index is 15.3. The molecule has 0 radical (unpaired) electrons. The standard InChI is InChI=1S/C36H39F11O2/c1-2-3-20-4-6-21(7-5-20)22-8-10-23(11-9-22)24-16-28(37)32(29(38)17-24)25-18-30(39)33(31(40)19-25)35(43,44)48-27-14-12-26(13-15-27)34(41,42)49-36(45,46)47/h2-3,16-23,26-27H,4-15H2,1H3/b3-2+. The van der Waals surface area contributed by atoms with E-state index in [0.29, 0.717) is 35.4 Å². The van der Waals surface area contributed by atoms with Crippen molar-refractivity contribution in [1.82, 2.24) is 0 Å². The van der Waals surface area contributed by atoms with Gasteiger partial charge in [0.15, 0.2) is 0 Å². The van der Waals surface area contributed by atoms with E-state index in [2.05, 4.69) is 21.6 Å². The van der Waals surface area contributed by atoms with Gasteiger partial charge in [-0.1, -0.05) is 12.2 Å². The Bertz CT molecular complexity index is 1420. The predicted octanol–water partition coefficient (Wildman–Crippen LogP) is 12.3. The predicted molar refractivity (Wildman–Crippen MR) is 159 cm³/mol. The Morgan fingerprint density at radius 3 is 1.63 bits per heavy atom. The van der Waals surface area contributed by atoms with Crippen LogP contribution >= 0.6 is 0 Å². The normalized spacial score (nSPS) is 27.5. The SMILES string of the molecule is C/C=C/C1CCC(C2CCC(c3cc(F)c(-c4cc(F)c(C(F)(F)OC5CCC(C(F)(F)OC(F)(F)F)CC5)c(F)c4)c(F)c3)CC2)CC1. The highest BCUT2D eigenvalue weighted by molar-refractivity contribution is 5.66. The van der Waals surface area contributed by atoms with Gasteiger partial charge in [0.25, 0.3) is 0 Å². The third kappa shape index (κ3) is 8.98. The maximum atomic E-state index is 15.3. The van der Waals surface area contributed by atoms with Crippen LogP contribution in [0.3, 0.4) is 0 Å². The molecule has 0 atom stereocenters. The Kier molecular flexibility index (Phi) is 11.4. The molecule has 0 N–H and O–H groups in total. The zero-order valence-electron chi connectivity index (χ0n) is 26.9. The second-order valence-electron chi connectivity index (χ2n) is 13.7. The van der Waals surface area contributed by atoms with Crippen molar-refractivity contribution in [3.05, 3.63) is 70.8 Å². The number of allylic oxidation sites excluding steroid dienone is 2. The summed E-state index contributed by atoms with van der Waals surface area (Å²) in [5, 5.41) is 0. The molecule has 5 rings (SSSR count). The minimum atomic E-state index is -5.62. The molecule has 0 heterocycles. The number of hydrogen-bond acceptors (Lipinski definition) is 2. The topological polar surface area (TPSA) is 18.5 Å². The van der Waals surface area contributed by atoms with Gasteiger partial charge in [-0.25, -0.2) is 22.3 Å². The number of benzene rings is 2. The van der Waals surface area contributed by atoms with Gasteiger partial charge >= 0.3 is 18.6 Å². The molecule has 272 valence electrons. The van der Waals surface area contributed by atoms with Gasteiger partial charge in [0.1, 0.15) is 28.8 Å². The van der Waals surface area contributed by atoms with Crippen molar-refractivity contribution in [3.63, 3.8) is 0 Å². The Morgan fingerprint density at radius 1 is 0.633 bits per heavy atom. The average molecular weight is 713 g/mol. The van der Waals surface area contributed by atoms with Gasteiger partial charge in [0.05, 0.1) is 17.6 Å². The van der Waals surface area contributed by atoms with Gasteiger partial charge in [0, 0.05) is 0 Å². The van der Waals surface area contributed by atoms with Crippen LogP contribution < -0.4 is 0 Å². The molecule has 0 spiro atoms. The Labute approximate surface area is 278 Å². The smallest absolute Gasteiger partial charge is 0.313 e. The first-order chi connectivity index (χ1) is 23.0. The summed E-state index contributed by atoms with van der Waals surface area (Å²) >= 11 is 0. The highest BCUT2D eigenvalue weighted by Gasteiger charge is 2.52. The fourth-order valence-electron chi connectivity index (χ4n) is 8.13. The lowest BCUT2D eigenvalue weighted by Crippen LogP contribution is -2.40. The van der Waals surface area contributed by atoms with Crippen molar-refractivity contribution < 1.29 is 57.8 Å². The van der Waals surface area contributed by atoms with Crippen LogP contribution in [0.4, 0.5) is 48.3 Å². The van der Waals surface area contributed by atoms with Crippen LogP contribution in [0.2, 0.25) is 0 Å². The summed E-state index contributed by atoms with van der Waals surface area (Å²) in [7, 11) is 0. The summed E-state index contributed by atoms with van der Waals surface area (Å²) in [6.07, 6.45) is -6.54. The molecular formula is C36H39F11O2. The van der Waals surface area contributed by atoms with Crippen LogP contribution in [0.1, 0.15) is 101 Å². The fourth-order valence-corrected chi connectivity index (χ4v) is 8.13. The first kappa shape index (κ1) is 37.6. The molecule has 0 amide bonds. The fraction of sp³-hybridized carbons (Fsp3) is 0.611. The van der Waals surface area contributed by atoms with Crippen molar-refractivity contribution in [3.8, 4) is 11.1 Å². The molecule has 3 aliphatic rings. The molecule has 49 heavy (non-hydrogen) atoms. The minimum absolute atomic E-state index is 0.0983. The molecule has 0 unspecified atom stereocenters. The Hall–Kier alpha value is -2.67. The van der Waals surface area contributed by atoms with E-state index in [9.17, 15) is 30.7 Å². The molecular weight excluding hydrogens is 673 g/mol. The summed E-state index contributed by atoms with van der Waals surface area (Å²) in [5.74, 6) is -6.15. The molecule has 2 aromatic carbocycles. The number of ether oxygens (including phenoxy) is 2. The van der Waals surface area contributed by atoms with E-state index in [-0.39, 0.29) is 5.92 Å². The summed E-state index contributed by atoms with van der Waals surface area (Å²) in [6.45, 7) is 2.03. The summed E-state index contributed by atoms with van der Waals surface area (Å²) in [4.78, 5) is 0. The van der Waals surface area contributed by atoms with Gasteiger partial charge in [-0.3, -0.25) is 0 Å². The highest BCUT2D eigenvalue weighted by Crippen LogP contribution is 2.47. The molecule has 3 fully saturated rings. The van der Waals surface area contributed by atoms with E-state index in [0.717, 1.165) is 50.7 Å². The lowest BCUT2D eigenvalue weighted by Gasteiger charge is -2.37. The number of hydrogen-bond donors (Lipinski definition) is 0. The zero-order valence-corrected chi connectivity index (χ0v) is 26.9. The van der Waals surface area contributed by atoms with Gasteiger partial charge in [0.2, 0.25) is 0 Å². The second kappa shape index (κ2) is 14.9. The third-order valence-corrected chi connectivity index (χ3v) is 10.6. The van der Waals surface area contributed by atoms with Crippen LogP contribution in [0.15, 0.2) is 36.4 Å². The van der Waals surface area contributed by atoms with Crippen molar-refractivity contribution in [2.45, 2.75) is 115 Å². The van der Waals surface area contributed by atoms with Crippen molar-refractivity contribution in [2.75, 3.05) is 0 Å². The minimum Gasteiger partial charge on any atom is -0.313 e. The van der Waals surface area contributed by atoms with Crippen LogP contribution in [-0.2, 0) is 15.6 Å². The van der Waals surface area contributed by atoms with E-state index in [4.69, 9.17) is 0 Å². The van der Waals surface area contributed by atoms with E-state index in [1.807, 2.05) is 6.92 Å². The Morgan fingerprint density at radius 2 is 1.14 bits per heavy atom. The number of halogens is 11. The Balaban J connectivity index is 1.22. The first-order valence-electron chi connectivity index (χ1n) is 16.8. The second-order valence-corrected chi connectivity index (χ2v) is 13.7. The molecule has 0 saturated heterocycles. The van der Waals surface area contributed by atoms with Crippen molar-refractivity contribution >= 4 is 0 Å². The largest absolute Gasteiger partial charge is 0.527 e. The molecule has 13 heteroatoms. The average Bonchev–Trinajstić information content (AvgIpc) is 3.00. The van der Waals surface area contributed by atoms with Gasteiger partial charge in [-0.2, -0.15) is 17.6 Å². The van der Waals surface area contributed by atoms with E-state index < -0.39 is 96.2 Å².